The van der Waals surface area contributed by atoms with E-state index in [4.69, 9.17) is 4.74 Å². The highest BCUT2D eigenvalue weighted by Crippen LogP contribution is 2.29. The molecule has 0 aromatic rings. The van der Waals surface area contributed by atoms with Crippen LogP contribution >= 0.6 is 0 Å². The highest BCUT2D eigenvalue weighted by Gasteiger charge is 2.37. The number of nitrogens with zero attached hydrogens (tertiary/aromatic N) is 1. The van der Waals surface area contributed by atoms with E-state index < -0.39 is 0 Å². The van der Waals surface area contributed by atoms with E-state index in [1.54, 1.807) is 0 Å². The Balaban J connectivity index is 1.92. The van der Waals surface area contributed by atoms with Gasteiger partial charge in [-0.05, 0) is 25.8 Å². The van der Waals surface area contributed by atoms with Crippen LogP contribution in [0.3, 0.4) is 0 Å². The normalized spacial score (nSPS) is 30.3. The number of ether oxygens (including phenoxy) is 1. The number of morpholine rings is 1. The second-order valence-corrected chi connectivity index (χ2v) is 4.27. The summed E-state index contributed by atoms with van der Waals surface area (Å²) < 4.78 is 5.67. The molecule has 1 N–H and O–H groups in total. The molecule has 0 spiro atoms. The number of nitrogens with one attached hydrogen (secondary N) is 1. The summed E-state index contributed by atoms with van der Waals surface area (Å²) in [4.78, 5) is 13.9. The molecule has 2 unspecified atom stereocenters. The molecule has 15 heavy (non-hydrogen) atoms. The molecule has 4 nitrogen and oxygen atoms in total. The van der Waals surface area contributed by atoms with Gasteiger partial charge in [-0.25, -0.2) is 0 Å². The van der Waals surface area contributed by atoms with Gasteiger partial charge in [0.25, 0.3) is 0 Å². The van der Waals surface area contributed by atoms with Crippen LogP contribution in [0.1, 0.15) is 26.2 Å². The number of carbonyl (C=O) groups excluding carboxylic acids is 1. The van der Waals surface area contributed by atoms with E-state index in [0.717, 1.165) is 25.9 Å². The summed E-state index contributed by atoms with van der Waals surface area (Å²) in [6.45, 7) is 4.82. The van der Waals surface area contributed by atoms with E-state index >= 15 is 0 Å². The molecule has 4 heteroatoms. The molecule has 0 aromatic carbocycles. The van der Waals surface area contributed by atoms with Gasteiger partial charge in [0.2, 0.25) is 5.91 Å². The topological polar surface area (TPSA) is 41.6 Å². The van der Waals surface area contributed by atoms with Crippen LogP contribution in [0.5, 0.6) is 0 Å². The Bertz CT molecular complexity index is 233. The predicted molar refractivity (Wildman–Crippen MR) is 57.6 cm³/mol. The summed E-state index contributed by atoms with van der Waals surface area (Å²) in [7, 11) is 0. The van der Waals surface area contributed by atoms with E-state index in [0.29, 0.717) is 25.3 Å². The van der Waals surface area contributed by atoms with Crippen LogP contribution in [0, 0.1) is 0 Å². The highest BCUT2D eigenvalue weighted by atomic mass is 16.5. The molecule has 0 aromatic heterocycles. The summed E-state index contributed by atoms with van der Waals surface area (Å²) in [5.74, 6) is 0.233. The lowest BCUT2D eigenvalue weighted by atomic mass is 10.1. The van der Waals surface area contributed by atoms with Gasteiger partial charge in [-0.1, -0.05) is 6.92 Å². The fourth-order valence-corrected chi connectivity index (χ4v) is 2.57. The fraction of sp³-hybridized carbons (Fsp3) is 0.909. The van der Waals surface area contributed by atoms with Crippen molar-refractivity contribution in [3.63, 3.8) is 0 Å². The smallest absolute Gasteiger partial charge is 0.236 e. The van der Waals surface area contributed by atoms with Crippen LogP contribution in [-0.2, 0) is 9.53 Å². The van der Waals surface area contributed by atoms with Crippen LogP contribution in [-0.4, -0.2) is 49.2 Å². The molecule has 2 aliphatic rings. The molecule has 86 valence electrons. The average Bonchev–Trinajstić information content (AvgIpc) is 2.73. The van der Waals surface area contributed by atoms with Crippen molar-refractivity contribution in [2.24, 2.45) is 0 Å². The number of fused-ring (bicyclic) bond motifs is 1. The minimum atomic E-state index is 0.233. The highest BCUT2D eigenvalue weighted by molar-refractivity contribution is 5.78. The van der Waals surface area contributed by atoms with Crippen LogP contribution in [0.15, 0.2) is 0 Å². The largest absolute Gasteiger partial charge is 0.374 e. The lowest BCUT2D eigenvalue weighted by Crippen LogP contribution is -2.53. The first-order valence-corrected chi connectivity index (χ1v) is 5.94. The van der Waals surface area contributed by atoms with E-state index in [-0.39, 0.29) is 5.91 Å². The van der Waals surface area contributed by atoms with Gasteiger partial charge in [-0.2, -0.15) is 0 Å². The van der Waals surface area contributed by atoms with E-state index in [9.17, 15) is 4.79 Å². The Morgan fingerprint density at radius 1 is 1.53 bits per heavy atom. The molecule has 1 amide bonds. The number of hydrogen-bond acceptors (Lipinski definition) is 3. The zero-order valence-corrected chi connectivity index (χ0v) is 9.37. The zero-order chi connectivity index (χ0) is 10.7. The first-order valence-electron chi connectivity index (χ1n) is 5.94. The van der Waals surface area contributed by atoms with Gasteiger partial charge in [0.15, 0.2) is 0 Å². The summed E-state index contributed by atoms with van der Waals surface area (Å²) in [6, 6.07) is 0.352. The molecule has 1 heterocycles. The van der Waals surface area contributed by atoms with Crippen molar-refractivity contribution >= 4 is 5.91 Å². The Hall–Kier alpha value is -0.610. The first kappa shape index (κ1) is 10.9. The molecule has 2 fully saturated rings. The summed E-state index contributed by atoms with van der Waals surface area (Å²) in [6.07, 6.45) is 3.74. The van der Waals surface area contributed by atoms with Gasteiger partial charge in [0, 0.05) is 6.54 Å². The van der Waals surface area contributed by atoms with Crippen molar-refractivity contribution in [2.75, 3.05) is 26.2 Å². The minimum Gasteiger partial charge on any atom is -0.374 e. The molecule has 2 atom stereocenters. The Morgan fingerprint density at radius 3 is 3.20 bits per heavy atom. The van der Waals surface area contributed by atoms with Crippen molar-refractivity contribution in [1.82, 2.24) is 10.2 Å². The maximum atomic E-state index is 11.9. The third-order valence-corrected chi connectivity index (χ3v) is 3.33. The van der Waals surface area contributed by atoms with Crippen LogP contribution < -0.4 is 5.32 Å². The standard InChI is InChI=1S/C11H20N2O2/c1-2-12-8-11(14)13-6-7-15-10-5-3-4-9(10)13/h9-10,12H,2-8H2,1H3. The third kappa shape index (κ3) is 2.32. The van der Waals surface area contributed by atoms with Gasteiger partial charge in [0.05, 0.1) is 25.3 Å². The molecular weight excluding hydrogens is 192 g/mol. The first-order chi connectivity index (χ1) is 7.33. The third-order valence-electron chi connectivity index (χ3n) is 3.33. The Kier molecular flexibility index (Phi) is 3.59. The molecule has 1 saturated heterocycles. The Morgan fingerprint density at radius 2 is 2.40 bits per heavy atom. The predicted octanol–water partition coefficient (Wildman–Crippen LogP) is 0.376. The number of hydrogen-bond donors (Lipinski definition) is 1. The van der Waals surface area contributed by atoms with E-state index in [1.807, 2.05) is 11.8 Å². The van der Waals surface area contributed by atoms with Crippen molar-refractivity contribution in [2.45, 2.75) is 38.3 Å². The lowest BCUT2D eigenvalue weighted by molar-refractivity contribution is -0.142. The lowest BCUT2D eigenvalue weighted by Gasteiger charge is -2.37. The molecule has 1 aliphatic heterocycles. The quantitative estimate of drug-likeness (QED) is 0.735. The number of likely N-dealkylation sites (N-methyl/N-ethyl adjacent to an activating group) is 1. The fourth-order valence-electron chi connectivity index (χ4n) is 2.57. The monoisotopic (exact) mass is 212 g/mol. The van der Waals surface area contributed by atoms with E-state index in [2.05, 4.69) is 5.32 Å². The second-order valence-electron chi connectivity index (χ2n) is 4.27. The maximum Gasteiger partial charge on any atom is 0.236 e. The number of carbonyl (C=O) groups is 1. The SMILES string of the molecule is CCNCC(=O)N1CCOC2CCCC21. The van der Waals surface area contributed by atoms with Crippen molar-refractivity contribution in [1.29, 1.82) is 0 Å². The molecule has 2 rings (SSSR count). The average molecular weight is 212 g/mol. The zero-order valence-electron chi connectivity index (χ0n) is 9.37. The summed E-state index contributed by atoms with van der Waals surface area (Å²) in [5.41, 5.74) is 0. The molecule has 0 radical (unpaired) electrons. The molecule has 1 saturated carbocycles. The van der Waals surface area contributed by atoms with Crippen molar-refractivity contribution in [3.05, 3.63) is 0 Å². The van der Waals surface area contributed by atoms with Gasteiger partial charge in [0.1, 0.15) is 0 Å². The maximum absolute atomic E-state index is 11.9. The number of amides is 1. The number of rotatable bonds is 3. The second kappa shape index (κ2) is 4.94. The van der Waals surface area contributed by atoms with Gasteiger partial charge in [-0.15, -0.1) is 0 Å². The van der Waals surface area contributed by atoms with Gasteiger partial charge >= 0.3 is 0 Å². The molecule has 0 bridgehead atoms. The van der Waals surface area contributed by atoms with Crippen LogP contribution in [0.2, 0.25) is 0 Å². The minimum absolute atomic E-state index is 0.233. The Labute approximate surface area is 91.0 Å². The van der Waals surface area contributed by atoms with Crippen LogP contribution in [0.4, 0.5) is 0 Å². The van der Waals surface area contributed by atoms with Crippen LogP contribution in [0.25, 0.3) is 0 Å². The molecular formula is C11H20N2O2. The summed E-state index contributed by atoms with van der Waals surface area (Å²) in [5, 5.41) is 3.09. The van der Waals surface area contributed by atoms with Gasteiger partial charge < -0.3 is 15.0 Å². The van der Waals surface area contributed by atoms with E-state index in [1.165, 1.54) is 6.42 Å². The molecule has 1 aliphatic carbocycles. The van der Waals surface area contributed by atoms with Gasteiger partial charge in [-0.3, -0.25) is 4.79 Å². The van der Waals surface area contributed by atoms with Crippen molar-refractivity contribution in [3.8, 4) is 0 Å². The summed E-state index contributed by atoms with van der Waals surface area (Å²) >= 11 is 0. The van der Waals surface area contributed by atoms with Crippen molar-refractivity contribution < 1.29 is 9.53 Å².